The summed E-state index contributed by atoms with van der Waals surface area (Å²) >= 11 is 3.78. The maximum atomic E-state index is 3.78. The fourth-order valence-electron chi connectivity index (χ4n) is 1.58. The molecule has 0 heterocycles. The van der Waals surface area contributed by atoms with E-state index in [9.17, 15) is 0 Å². The van der Waals surface area contributed by atoms with Crippen molar-refractivity contribution in [1.82, 2.24) is 0 Å². The first-order chi connectivity index (χ1) is 5.64. The molecule has 0 aromatic carbocycles. The van der Waals surface area contributed by atoms with Crippen LogP contribution in [0.25, 0.3) is 0 Å². The van der Waals surface area contributed by atoms with Crippen LogP contribution in [0.1, 0.15) is 33.6 Å². The molecule has 0 spiro atoms. The van der Waals surface area contributed by atoms with Gasteiger partial charge in [-0.15, -0.1) is 0 Å². The minimum Gasteiger partial charge on any atom is -0.0833 e. The zero-order valence-corrected chi connectivity index (χ0v) is 9.69. The van der Waals surface area contributed by atoms with E-state index in [4.69, 9.17) is 0 Å². The molecule has 0 N–H and O–H groups in total. The summed E-state index contributed by atoms with van der Waals surface area (Å²) in [6, 6.07) is 0. The van der Waals surface area contributed by atoms with E-state index >= 15 is 0 Å². The van der Waals surface area contributed by atoms with Gasteiger partial charge in [-0.1, -0.05) is 60.5 Å². The average molecular weight is 229 g/mol. The van der Waals surface area contributed by atoms with Crippen LogP contribution in [0.3, 0.4) is 0 Å². The van der Waals surface area contributed by atoms with Gasteiger partial charge in [0, 0.05) is 10.2 Å². The normalized spacial score (nSPS) is 35.0. The maximum Gasteiger partial charge on any atom is 0.0445 e. The molecule has 0 nitrogen and oxygen atoms in total. The van der Waals surface area contributed by atoms with E-state index < -0.39 is 0 Å². The molecule has 0 bridgehead atoms. The minimum absolute atomic E-state index is 0.320. The van der Waals surface area contributed by atoms with Crippen LogP contribution in [-0.4, -0.2) is 4.83 Å². The lowest BCUT2D eigenvalue weighted by Crippen LogP contribution is -2.28. The molecule has 1 rings (SSSR count). The second-order valence-electron chi connectivity index (χ2n) is 3.68. The van der Waals surface area contributed by atoms with Crippen LogP contribution in [0.4, 0.5) is 0 Å². The van der Waals surface area contributed by atoms with Crippen LogP contribution in [-0.2, 0) is 0 Å². The van der Waals surface area contributed by atoms with E-state index in [1.54, 1.807) is 0 Å². The third kappa shape index (κ3) is 1.66. The first-order valence-corrected chi connectivity index (χ1v) is 5.58. The maximum absolute atomic E-state index is 3.78. The largest absolute Gasteiger partial charge is 0.0833 e. The van der Waals surface area contributed by atoms with E-state index in [2.05, 4.69) is 54.9 Å². The molecule has 68 valence electrons. The summed E-state index contributed by atoms with van der Waals surface area (Å²) in [5.74, 6) is 0. The Bertz CT molecular complexity index is 215. The third-order valence-electron chi connectivity index (χ3n) is 2.86. The summed E-state index contributed by atoms with van der Waals surface area (Å²) < 4.78 is 0. The minimum atomic E-state index is 0.320. The summed E-state index contributed by atoms with van der Waals surface area (Å²) in [6.07, 6.45) is 9.08. The van der Waals surface area contributed by atoms with Crippen molar-refractivity contribution in [3.8, 4) is 0 Å². The average Bonchev–Trinajstić information content (AvgIpc) is 2.10. The quantitative estimate of drug-likeness (QED) is 0.626. The van der Waals surface area contributed by atoms with Crippen LogP contribution in [0, 0.1) is 5.41 Å². The fraction of sp³-hybridized carbons (Fsp3) is 0.636. The number of hydrogen-bond acceptors (Lipinski definition) is 0. The van der Waals surface area contributed by atoms with Crippen molar-refractivity contribution < 1.29 is 0 Å². The zero-order chi connectivity index (χ0) is 9.19. The van der Waals surface area contributed by atoms with E-state index in [1.165, 1.54) is 12.0 Å². The molecule has 12 heavy (non-hydrogen) atoms. The van der Waals surface area contributed by atoms with Crippen molar-refractivity contribution in [2.45, 2.75) is 38.4 Å². The van der Waals surface area contributed by atoms with Crippen LogP contribution >= 0.6 is 15.9 Å². The highest BCUT2D eigenvalue weighted by Crippen LogP contribution is 2.40. The summed E-state index contributed by atoms with van der Waals surface area (Å²) in [6.45, 7) is 6.78. The highest BCUT2D eigenvalue weighted by Gasteiger charge is 2.31. The lowest BCUT2D eigenvalue weighted by molar-refractivity contribution is 0.415. The van der Waals surface area contributed by atoms with Crippen LogP contribution in [0.5, 0.6) is 0 Å². The molecule has 1 aliphatic carbocycles. The molecule has 0 saturated heterocycles. The van der Waals surface area contributed by atoms with Gasteiger partial charge in [-0.25, -0.2) is 0 Å². The van der Waals surface area contributed by atoms with E-state index in [0.29, 0.717) is 10.2 Å². The predicted octanol–water partition coefficient (Wildman–Crippen LogP) is 4.07. The van der Waals surface area contributed by atoms with Gasteiger partial charge in [0.1, 0.15) is 0 Å². The van der Waals surface area contributed by atoms with Gasteiger partial charge in [0.05, 0.1) is 0 Å². The molecule has 1 aliphatic rings. The lowest BCUT2D eigenvalue weighted by atomic mass is 9.77. The molecular weight excluding hydrogens is 212 g/mol. The molecule has 2 atom stereocenters. The van der Waals surface area contributed by atoms with Gasteiger partial charge in [0.25, 0.3) is 0 Å². The molecule has 0 aromatic rings. The van der Waals surface area contributed by atoms with E-state index in [0.717, 1.165) is 6.42 Å². The SMILES string of the molecule is CCC1=CC=CC(C)(CC)C1Br. The Kier molecular flexibility index (Phi) is 3.16. The topological polar surface area (TPSA) is 0 Å². The van der Waals surface area contributed by atoms with Gasteiger partial charge in [0.15, 0.2) is 0 Å². The predicted molar refractivity (Wildman–Crippen MR) is 58.6 cm³/mol. The summed E-state index contributed by atoms with van der Waals surface area (Å²) in [5.41, 5.74) is 1.84. The molecular formula is C11H17Br. The summed E-state index contributed by atoms with van der Waals surface area (Å²) in [7, 11) is 0. The Labute approximate surface area is 83.9 Å². The number of alkyl halides is 1. The Morgan fingerprint density at radius 2 is 2.17 bits per heavy atom. The molecule has 0 radical (unpaired) electrons. The van der Waals surface area contributed by atoms with Gasteiger partial charge >= 0.3 is 0 Å². The molecule has 0 amide bonds. The Hall–Kier alpha value is -0.0400. The monoisotopic (exact) mass is 228 g/mol. The second kappa shape index (κ2) is 3.78. The standard InChI is InChI=1S/C11H17Br/c1-4-9-7-6-8-11(3,5-2)10(9)12/h6-8,10H,4-5H2,1-3H3. The van der Waals surface area contributed by atoms with Crippen molar-refractivity contribution in [3.05, 3.63) is 23.8 Å². The fourth-order valence-corrected chi connectivity index (χ4v) is 2.53. The second-order valence-corrected chi connectivity index (χ2v) is 4.59. The first kappa shape index (κ1) is 10.0. The molecule has 2 unspecified atom stereocenters. The number of hydrogen-bond donors (Lipinski definition) is 0. The van der Waals surface area contributed by atoms with Gasteiger partial charge in [-0.05, 0) is 12.8 Å². The van der Waals surface area contributed by atoms with E-state index in [1.807, 2.05) is 0 Å². The highest BCUT2D eigenvalue weighted by molar-refractivity contribution is 9.09. The number of rotatable bonds is 2. The molecule has 0 fully saturated rings. The van der Waals surface area contributed by atoms with Crippen molar-refractivity contribution in [2.24, 2.45) is 5.41 Å². The van der Waals surface area contributed by atoms with Crippen LogP contribution < -0.4 is 0 Å². The van der Waals surface area contributed by atoms with Gasteiger partial charge in [0.2, 0.25) is 0 Å². The van der Waals surface area contributed by atoms with Crippen molar-refractivity contribution in [3.63, 3.8) is 0 Å². The van der Waals surface area contributed by atoms with Crippen molar-refractivity contribution >= 4 is 15.9 Å². The molecule has 0 aliphatic heterocycles. The number of allylic oxidation sites excluding steroid dienone is 4. The van der Waals surface area contributed by atoms with Gasteiger partial charge < -0.3 is 0 Å². The lowest BCUT2D eigenvalue weighted by Gasteiger charge is -2.34. The molecule has 0 saturated carbocycles. The summed E-state index contributed by atoms with van der Waals surface area (Å²) in [5, 5.41) is 0. The Morgan fingerprint density at radius 3 is 2.67 bits per heavy atom. The molecule has 1 heteroatoms. The highest BCUT2D eigenvalue weighted by atomic mass is 79.9. The van der Waals surface area contributed by atoms with Gasteiger partial charge in [-0.2, -0.15) is 0 Å². The first-order valence-electron chi connectivity index (χ1n) is 4.66. The number of halogens is 1. The summed E-state index contributed by atoms with van der Waals surface area (Å²) in [4.78, 5) is 0.532. The smallest absolute Gasteiger partial charge is 0.0445 e. The van der Waals surface area contributed by atoms with Crippen molar-refractivity contribution in [2.75, 3.05) is 0 Å². The van der Waals surface area contributed by atoms with Gasteiger partial charge in [-0.3, -0.25) is 0 Å². The van der Waals surface area contributed by atoms with Crippen LogP contribution in [0.15, 0.2) is 23.8 Å². The van der Waals surface area contributed by atoms with E-state index in [-0.39, 0.29) is 0 Å². The Morgan fingerprint density at radius 1 is 1.50 bits per heavy atom. The van der Waals surface area contributed by atoms with Crippen LogP contribution in [0.2, 0.25) is 0 Å². The Balaban J connectivity index is 2.87. The third-order valence-corrected chi connectivity index (χ3v) is 4.50. The van der Waals surface area contributed by atoms with Crippen molar-refractivity contribution in [1.29, 1.82) is 0 Å². The zero-order valence-electron chi connectivity index (χ0n) is 8.10. The molecule has 0 aromatic heterocycles.